The molecule has 1 aliphatic rings. The van der Waals surface area contributed by atoms with Crippen molar-refractivity contribution in [2.45, 2.75) is 12.5 Å². The van der Waals surface area contributed by atoms with E-state index < -0.39 is 6.10 Å². The van der Waals surface area contributed by atoms with Crippen molar-refractivity contribution >= 4 is 34.8 Å². The maximum Gasteiger partial charge on any atom is 0.229 e. The monoisotopic (exact) mass is 245 g/mol. The van der Waals surface area contributed by atoms with Gasteiger partial charge in [0.25, 0.3) is 0 Å². The zero-order valence-corrected chi connectivity index (χ0v) is 9.29. The van der Waals surface area contributed by atoms with Crippen LogP contribution in [0.15, 0.2) is 18.2 Å². The molecule has 1 aromatic rings. The summed E-state index contributed by atoms with van der Waals surface area (Å²) in [6, 6.07) is 4.97. The van der Waals surface area contributed by atoms with E-state index in [4.69, 9.17) is 23.2 Å². The van der Waals surface area contributed by atoms with Crippen LogP contribution in [0, 0.1) is 0 Å². The molecule has 3 nitrogen and oxygen atoms in total. The molecule has 2 rings (SSSR count). The molecule has 0 bridgehead atoms. The molecule has 1 unspecified atom stereocenters. The van der Waals surface area contributed by atoms with Crippen LogP contribution in [0.25, 0.3) is 0 Å². The highest BCUT2D eigenvalue weighted by Gasteiger charge is 2.29. The normalized spacial score (nSPS) is 21.1. The lowest BCUT2D eigenvalue weighted by molar-refractivity contribution is -0.117. The van der Waals surface area contributed by atoms with Gasteiger partial charge in [-0.15, -0.1) is 0 Å². The van der Waals surface area contributed by atoms with Gasteiger partial charge in [0.05, 0.1) is 29.1 Å². The lowest BCUT2D eigenvalue weighted by Crippen LogP contribution is -2.25. The quantitative estimate of drug-likeness (QED) is 0.824. The summed E-state index contributed by atoms with van der Waals surface area (Å²) in [6.07, 6.45) is -0.424. The largest absolute Gasteiger partial charge is 0.391 e. The van der Waals surface area contributed by atoms with Gasteiger partial charge in [-0.2, -0.15) is 0 Å². The van der Waals surface area contributed by atoms with E-state index in [1.807, 2.05) is 0 Å². The van der Waals surface area contributed by atoms with Gasteiger partial charge in [0, 0.05) is 5.69 Å². The first-order valence-corrected chi connectivity index (χ1v) is 5.27. The van der Waals surface area contributed by atoms with Crippen LogP contribution in [0.2, 0.25) is 10.0 Å². The first-order valence-electron chi connectivity index (χ1n) is 4.51. The number of β-amino-alcohol motifs (C(OH)–C–C–N with tert-alkyl or cyclic N) is 1. The van der Waals surface area contributed by atoms with Crippen LogP contribution in [-0.2, 0) is 4.79 Å². The average molecular weight is 246 g/mol. The van der Waals surface area contributed by atoms with Crippen molar-refractivity contribution in [1.82, 2.24) is 0 Å². The fourth-order valence-electron chi connectivity index (χ4n) is 1.59. The van der Waals surface area contributed by atoms with Crippen molar-refractivity contribution in [3.63, 3.8) is 0 Å². The lowest BCUT2D eigenvalue weighted by atomic mass is 10.3. The van der Waals surface area contributed by atoms with Crippen LogP contribution in [0.1, 0.15) is 6.42 Å². The van der Waals surface area contributed by atoms with E-state index in [0.29, 0.717) is 22.3 Å². The van der Waals surface area contributed by atoms with E-state index in [1.54, 1.807) is 18.2 Å². The molecule has 0 spiro atoms. The number of rotatable bonds is 1. The van der Waals surface area contributed by atoms with E-state index in [9.17, 15) is 9.90 Å². The predicted octanol–water partition coefficient (Wildman–Crippen LogP) is 2.09. The molecule has 1 amide bonds. The number of benzene rings is 1. The van der Waals surface area contributed by atoms with Gasteiger partial charge in [-0.3, -0.25) is 4.79 Å². The molecule has 1 fully saturated rings. The van der Waals surface area contributed by atoms with E-state index in [1.165, 1.54) is 4.90 Å². The van der Waals surface area contributed by atoms with Crippen LogP contribution in [0.3, 0.4) is 0 Å². The highest BCUT2D eigenvalue weighted by atomic mass is 35.5. The molecule has 0 radical (unpaired) electrons. The van der Waals surface area contributed by atoms with Gasteiger partial charge in [-0.1, -0.05) is 23.2 Å². The topological polar surface area (TPSA) is 40.5 Å². The zero-order chi connectivity index (χ0) is 11.0. The van der Waals surface area contributed by atoms with E-state index in [-0.39, 0.29) is 12.3 Å². The van der Waals surface area contributed by atoms with Crippen molar-refractivity contribution in [3.8, 4) is 0 Å². The number of amides is 1. The summed E-state index contributed by atoms with van der Waals surface area (Å²) in [7, 11) is 0. The lowest BCUT2D eigenvalue weighted by Gasteiger charge is -2.16. The minimum atomic E-state index is -0.591. The molecule has 1 aliphatic heterocycles. The van der Waals surface area contributed by atoms with Crippen LogP contribution in [0.5, 0.6) is 0 Å². The van der Waals surface area contributed by atoms with Crippen molar-refractivity contribution < 1.29 is 9.90 Å². The Morgan fingerprint density at radius 1 is 1.33 bits per heavy atom. The summed E-state index contributed by atoms with van der Waals surface area (Å²) in [5, 5.41) is 10.2. The van der Waals surface area contributed by atoms with Gasteiger partial charge in [0.2, 0.25) is 5.91 Å². The molecule has 1 aromatic carbocycles. The summed E-state index contributed by atoms with van der Waals surface area (Å²) in [5.41, 5.74) is 0.672. The third-order valence-electron chi connectivity index (χ3n) is 2.32. The highest BCUT2D eigenvalue weighted by molar-refractivity contribution is 6.42. The molecule has 1 saturated heterocycles. The maximum absolute atomic E-state index is 11.5. The van der Waals surface area contributed by atoms with Gasteiger partial charge in [-0.25, -0.2) is 0 Å². The number of anilines is 1. The summed E-state index contributed by atoms with van der Waals surface area (Å²) in [4.78, 5) is 13.0. The second-order valence-corrected chi connectivity index (χ2v) is 4.28. The summed E-state index contributed by atoms with van der Waals surface area (Å²) in [5.74, 6) is -0.0964. The fourth-order valence-corrected chi connectivity index (χ4v) is 1.88. The SMILES string of the molecule is O=C1CC(O)CN1c1ccc(Cl)c(Cl)c1. The zero-order valence-electron chi connectivity index (χ0n) is 7.78. The summed E-state index contributed by atoms with van der Waals surface area (Å²) in [6.45, 7) is 0.316. The minimum Gasteiger partial charge on any atom is -0.391 e. The first-order chi connectivity index (χ1) is 7.08. The second kappa shape index (κ2) is 4.00. The van der Waals surface area contributed by atoms with Gasteiger partial charge >= 0.3 is 0 Å². The molecule has 1 N–H and O–H groups in total. The van der Waals surface area contributed by atoms with Crippen molar-refractivity contribution in [3.05, 3.63) is 28.2 Å². The second-order valence-electron chi connectivity index (χ2n) is 3.46. The summed E-state index contributed by atoms with van der Waals surface area (Å²) >= 11 is 11.6. The van der Waals surface area contributed by atoms with Gasteiger partial charge < -0.3 is 10.0 Å². The first kappa shape index (κ1) is 10.7. The number of aliphatic hydroxyl groups is 1. The number of aliphatic hydroxyl groups excluding tert-OH is 1. The Balaban J connectivity index is 2.30. The molecular formula is C10H9Cl2NO2. The van der Waals surface area contributed by atoms with E-state index in [0.717, 1.165) is 0 Å². The van der Waals surface area contributed by atoms with Crippen LogP contribution in [0.4, 0.5) is 5.69 Å². The third kappa shape index (κ3) is 2.09. The number of nitrogens with zero attached hydrogens (tertiary/aromatic N) is 1. The molecular weight excluding hydrogens is 237 g/mol. The average Bonchev–Trinajstić information content (AvgIpc) is 2.50. The summed E-state index contributed by atoms with van der Waals surface area (Å²) < 4.78 is 0. The molecule has 1 atom stereocenters. The standard InChI is InChI=1S/C10H9Cl2NO2/c11-8-2-1-6(3-9(8)12)13-5-7(14)4-10(13)15/h1-3,7,14H,4-5H2. The number of halogens is 2. The Kier molecular flexibility index (Phi) is 2.87. The Morgan fingerprint density at radius 3 is 2.60 bits per heavy atom. The van der Waals surface area contributed by atoms with Crippen LogP contribution in [-0.4, -0.2) is 23.7 Å². The maximum atomic E-state index is 11.5. The van der Waals surface area contributed by atoms with Gasteiger partial charge in [-0.05, 0) is 18.2 Å². The fraction of sp³-hybridized carbons (Fsp3) is 0.300. The number of carbonyl (C=O) groups is 1. The van der Waals surface area contributed by atoms with Crippen molar-refractivity contribution in [2.75, 3.05) is 11.4 Å². The number of carbonyl (C=O) groups excluding carboxylic acids is 1. The Morgan fingerprint density at radius 2 is 2.07 bits per heavy atom. The molecule has 5 heteroatoms. The van der Waals surface area contributed by atoms with Gasteiger partial charge in [0.1, 0.15) is 0 Å². The molecule has 0 saturated carbocycles. The smallest absolute Gasteiger partial charge is 0.229 e. The highest BCUT2D eigenvalue weighted by Crippen LogP contribution is 2.29. The Bertz CT molecular complexity index is 408. The molecule has 15 heavy (non-hydrogen) atoms. The molecule has 0 aliphatic carbocycles. The minimum absolute atomic E-state index is 0.0964. The molecule has 0 aromatic heterocycles. The van der Waals surface area contributed by atoms with Crippen LogP contribution >= 0.6 is 23.2 Å². The predicted molar refractivity (Wildman–Crippen MR) is 59.4 cm³/mol. The Labute approximate surface area is 97.2 Å². The van der Waals surface area contributed by atoms with Gasteiger partial charge in [0.15, 0.2) is 0 Å². The van der Waals surface area contributed by atoms with Crippen LogP contribution < -0.4 is 4.90 Å². The van der Waals surface area contributed by atoms with E-state index in [2.05, 4.69) is 0 Å². The molecule has 80 valence electrons. The number of hydrogen-bond acceptors (Lipinski definition) is 2. The number of hydrogen-bond donors (Lipinski definition) is 1. The van der Waals surface area contributed by atoms with Crippen molar-refractivity contribution in [2.24, 2.45) is 0 Å². The van der Waals surface area contributed by atoms with E-state index >= 15 is 0 Å². The third-order valence-corrected chi connectivity index (χ3v) is 3.06. The molecule has 1 heterocycles. The Hall–Kier alpha value is -0.770. The van der Waals surface area contributed by atoms with Crippen molar-refractivity contribution in [1.29, 1.82) is 0 Å².